The lowest BCUT2D eigenvalue weighted by Gasteiger charge is -2.12. The number of rotatable bonds is 6. The summed E-state index contributed by atoms with van der Waals surface area (Å²) in [7, 11) is -2.83. The van der Waals surface area contributed by atoms with Crippen LogP contribution < -0.4 is 5.32 Å². The molecule has 0 aliphatic heterocycles. The maximum Gasteiger partial charge on any atom is 0.147 e. The molecule has 1 aromatic heterocycles. The van der Waals surface area contributed by atoms with Crippen molar-refractivity contribution in [2.75, 3.05) is 18.6 Å². The highest BCUT2D eigenvalue weighted by atomic mass is 32.2. The zero-order valence-corrected chi connectivity index (χ0v) is 11.5. The standard InChI is InChI=1S/C10H18N2O2S2/c1-8(10-9(2)12-7-15-10)11-5-4-6-16(3,13)14/h7-8,11H,4-6H2,1-3H3. The van der Waals surface area contributed by atoms with Crippen LogP contribution in [0.25, 0.3) is 0 Å². The quantitative estimate of drug-likeness (QED) is 0.790. The first-order valence-corrected chi connectivity index (χ1v) is 8.15. The van der Waals surface area contributed by atoms with E-state index in [0.29, 0.717) is 13.0 Å². The molecule has 1 atom stereocenters. The lowest BCUT2D eigenvalue weighted by molar-refractivity contribution is 0.565. The molecule has 1 heterocycles. The average Bonchev–Trinajstić information content (AvgIpc) is 2.57. The number of sulfone groups is 1. The Hall–Kier alpha value is -0.460. The van der Waals surface area contributed by atoms with Crippen LogP contribution in [-0.2, 0) is 9.84 Å². The molecular formula is C10H18N2O2S2. The van der Waals surface area contributed by atoms with Gasteiger partial charge in [0.1, 0.15) is 9.84 Å². The van der Waals surface area contributed by atoms with Crippen molar-refractivity contribution >= 4 is 21.2 Å². The molecule has 0 aliphatic rings. The van der Waals surface area contributed by atoms with Crippen LogP contribution in [0.2, 0.25) is 0 Å². The minimum atomic E-state index is -2.83. The number of hydrogen-bond acceptors (Lipinski definition) is 5. The monoisotopic (exact) mass is 262 g/mol. The molecule has 0 aliphatic carbocycles. The van der Waals surface area contributed by atoms with Crippen LogP contribution >= 0.6 is 11.3 Å². The van der Waals surface area contributed by atoms with Crippen molar-refractivity contribution in [3.05, 3.63) is 16.1 Å². The van der Waals surface area contributed by atoms with Crippen molar-refractivity contribution in [1.29, 1.82) is 0 Å². The van der Waals surface area contributed by atoms with Crippen LogP contribution in [0.5, 0.6) is 0 Å². The highest BCUT2D eigenvalue weighted by molar-refractivity contribution is 7.90. The molecule has 0 fully saturated rings. The molecule has 0 bridgehead atoms. The second-order valence-corrected chi connectivity index (χ2v) is 7.11. The first kappa shape index (κ1) is 13.6. The number of hydrogen-bond donors (Lipinski definition) is 1. The van der Waals surface area contributed by atoms with E-state index in [1.54, 1.807) is 11.3 Å². The molecule has 0 spiro atoms. The van der Waals surface area contributed by atoms with Crippen LogP contribution in [0, 0.1) is 6.92 Å². The largest absolute Gasteiger partial charge is 0.309 e. The average molecular weight is 262 g/mol. The predicted molar refractivity (Wildman–Crippen MR) is 67.6 cm³/mol. The van der Waals surface area contributed by atoms with Gasteiger partial charge in [-0.1, -0.05) is 0 Å². The van der Waals surface area contributed by atoms with E-state index in [1.165, 1.54) is 11.1 Å². The van der Waals surface area contributed by atoms with E-state index >= 15 is 0 Å². The third kappa shape index (κ3) is 4.59. The van der Waals surface area contributed by atoms with Crippen molar-refractivity contribution in [1.82, 2.24) is 10.3 Å². The highest BCUT2D eigenvalue weighted by Gasteiger charge is 2.10. The van der Waals surface area contributed by atoms with Crippen molar-refractivity contribution in [2.45, 2.75) is 26.3 Å². The van der Waals surface area contributed by atoms with E-state index in [4.69, 9.17) is 0 Å². The third-order valence-electron chi connectivity index (χ3n) is 2.32. The summed E-state index contributed by atoms with van der Waals surface area (Å²) in [5, 5.41) is 3.30. The fourth-order valence-corrected chi connectivity index (χ4v) is 2.98. The summed E-state index contributed by atoms with van der Waals surface area (Å²) in [6.07, 6.45) is 1.92. The molecule has 0 aromatic carbocycles. The van der Waals surface area contributed by atoms with Crippen LogP contribution in [-0.4, -0.2) is 32.0 Å². The Balaban J connectivity index is 2.32. The number of nitrogens with zero attached hydrogens (tertiary/aromatic N) is 1. The number of thiazole rings is 1. The topological polar surface area (TPSA) is 59.1 Å². The zero-order valence-electron chi connectivity index (χ0n) is 9.86. The zero-order chi connectivity index (χ0) is 12.2. The van der Waals surface area contributed by atoms with Gasteiger partial charge in [0.05, 0.1) is 17.0 Å². The van der Waals surface area contributed by atoms with Gasteiger partial charge in [-0.3, -0.25) is 0 Å². The summed E-state index contributed by atoms with van der Waals surface area (Å²) in [6.45, 7) is 4.77. The van der Waals surface area contributed by atoms with Gasteiger partial charge >= 0.3 is 0 Å². The molecule has 1 aromatic rings. The Morgan fingerprint density at radius 2 is 2.25 bits per heavy atom. The molecule has 0 saturated heterocycles. The molecule has 1 N–H and O–H groups in total. The SMILES string of the molecule is Cc1ncsc1C(C)NCCCS(C)(=O)=O. The van der Waals surface area contributed by atoms with Crippen LogP contribution in [0.4, 0.5) is 0 Å². The minimum Gasteiger partial charge on any atom is -0.309 e. The van der Waals surface area contributed by atoms with E-state index < -0.39 is 9.84 Å². The molecule has 1 rings (SSSR count). The lowest BCUT2D eigenvalue weighted by atomic mass is 10.2. The second-order valence-electron chi connectivity index (χ2n) is 3.96. The fraction of sp³-hybridized carbons (Fsp3) is 0.700. The second kappa shape index (κ2) is 5.75. The molecule has 0 radical (unpaired) electrons. The van der Waals surface area contributed by atoms with Gasteiger partial charge in [-0.15, -0.1) is 11.3 Å². The van der Waals surface area contributed by atoms with Crippen molar-refractivity contribution < 1.29 is 8.42 Å². The van der Waals surface area contributed by atoms with E-state index in [-0.39, 0.29) is 11.8 Å². The Kier molecular flexibility index (Phi) is 4.89. The number of nitrogens with one attached hydrogen (secondary N) is 1. The van der Waals surface area contributed by atoms with Gasteiger partial charge in [0, 0.05) is 17.2 Å². The van der Waals surface area contributed by atoms with E-state index in [2.05, 4.69) is 17.2 Å². The van der Waals surface area contributed by atoms with Gasteiger partial charge in [0.25, 0.3) is 0 Å². The van der Waals surface area contributed by atoms with Crippen LogP contribution in [0.3, 0.4) is 0 Å². The summed E-state index contributed by atoms with van der Waals surface area (Å²) in [5.41, 5.74) is 2.88. The summed E-state index contributed by atoms with van der Waals surface area (Å²) in [5.74, 6) is 0.244. The molecule has 92 valence electrons. The molecule has 4 nitrogen and oxygen atoms in total. The summed E-state index contributed by atoms with van der Waals surface area (Å²) < 4.78 is 21.8. The Morgan fingerprint density at radius 1 is 1.56 bits per heavy atom. The van der Waals surface area contributed by atoms with E-state index in [9.17, 15) is 8.42 Å². The molecule has 0 amide bonds. The fourth-order valence-electron chi connectivity index (χ4n) is 1.47. The maximum atomic E-state index is 10.9. The number of aromatic nitrogens is 1. The maximum absolute atomic E-state index is 10.9. The predicted octanol–water partition coefficient (Wildman–Crippen LogP) is 1.54. The van der Waals surface area contributed by atoms with Crippen molar-refractivity contribution in [2.24, 2.45) is 0 Å². The van der Waals surface area contributed by atoms with Gasteiger partial charge in [-0.2, -0.15) is 0 Å². The van der Waals surface area contributed by atoms with Gasteiger partial charge in [0.15, 0.2) is 0 Å². The van der Waals surface area contributed by atoms with Gasteiger partial charge in [0.2, 0.25) is 0 Å². The molecular weight excluding hydrogens is 244 g/mol. The van der Waals surface area contributed by atoms with E-state index in [0.717, 1.165) is 5.69 Å². The third-order valence-corrected chi connectivity index (χ3v) is 4.46. The molecule has 6 heteroatoms. The Bertz CT molecular complexity index is 426. The van der Waals surface area contributed by atoms with Gasteiger partial charge < -0.3 is 5.32 Å². The van der Waals surface area contributed by atoms with Gasteiger partial charge in [-0.05, 0) is 26.8 Å². The molecule has 1 unspecified atom stereocenters. The van der Waals surface area contributed by atoms with Crippen LogP contribution in [0.15, 0.2) is 5.51 Å². The molecule has 16 heavy (non-hydrogen) atoms. The van der Waals surface area contributed by atoms with Crippen LogP contribution in [0.1, 0.15) is 30.0 Å². The van der Waals surface area contributed by atoms with Gasteiger partial charge in [-0.25, -0.2) is 13.4 Å². The first-order valence-electron chi connectivity index (χ1n) is 5.21. The summed E-state index contributed by atoms with van der Waals surface area (Å²) in [4.78, 5) is 5.41. The lowest BCUT2D eigenvalue weighted by Crippen LogP contribution is -2.21. The summed E-state index contributed by atoms with van der Waals surface area (Å²) in [6, 6.07) is 0.243. The highest BCUT2D eigenvalue weighted by Crippen LogP contribution is 2.20. The Labute approximate surface area is 101 Å². The smallest absolute Gasteiger partial charge is 0.147 e. The number of aryl methyl sites for hydroxylation is 1. The Morgan fingerprint density at radius 3 is 2.75 bits per heavy atom. The van der Waals surface area contributed by atoms with Crippen molar-refractivity contribution in [3.8, 4) is 0 Å². The first-order chi connectivity index (χ1) is 7.40. The minimum absolute atomic E-state index is 0.243. The molecule has 0 saturated carbocycles. The van der Waals surface area contributed by atoms with E-state index in [1.807, 2.05) is 12.4 Å². The normalized spacial score (nSPS) is 13.9. The summed E-state index contributed by atoms with van der Waals surface area (Å²) >= 11 is 1.63. The van der Waals surface area contributed by atoms with Crippen molar-refractivity contribution in [3.63, 3.8) is 0 Å².